The maximum Gasteiger partial charge on any atom is 0.307 e. The molecule has 0 amide bonds. The van der Waals surface area contributed by atoms with Crippen molar-refractivity contribution in [1.82, 2.24) is 9.55 Å². The molecule has 0 aliphatic heterocycles. The second-order valence-corrected chi connectivity index (χ2v) is 12.5. The highest BCUT2D eigenvalue weighted by Crippen LogP contribution is 2.41. The Morgan fingerprint density at radius 1 is 0.449 bits per heavy atom. The van der Waals surface area contributed by atoms with Crippen molar-refractivity contribution in [3.63, 3.8) is 0 Å². The molecule has 2 aromatic heterocycles. The third-order valence-electron chi connectivity index (χ3n) is 9.60. The van der Waals surface area contributed by atoms with Gasteiger partial charge in [-0.15, -0.1) is 0 Å². The predicted octanol–water partition coefficient (Wildman–Crippen LogP) is 12.4. The van der Waals surface area contributed by atoms with Crippen molar-refractivity contribution in [1.29, 1.82) is 0 Å². The van der Waals surface area contributed by atoms with E-state index in [1.807, 2.05) is 6.07 Å². The minimum atomic E-state index is 0.524. The number of anilines is 3. The largest absolute Gasteiger partial charge is 0.423 e. The van der Waals surface area contributed by atoms with Gasteiger partial charge in [-0.25, -0.2) is 0 Å². The average Bonchev–Trinajstić information content (AvgIpc) is 3.75. The average molecular weight is 628 g/mol. The van der Waals surface area contributed by atoms with Crippen molar-refractivity contribution in [2.75, 3.05) is 4.90 Å². The Kier molecular flexibility index (Phi) is 6.15. The molecule has 0 aliphatic rings. The van der Waals surface area contributed by atoms with E-state index in [9.17, 15) is 0 Å². The molecule has 2 heterocycles. The van der Waals surface area contributed by atoms with Crippen molar-refractivity contribution in [3.05, 3.63) is 176 Å². The summed E-state index contributed by atoms with van der Waals surface area (Å²) in [5.74, 6) is 0. The highest BCUT2D eigenvalue weighted by atomic mass is 16.4. The van der Waals surface area contributed by atoms with Crippen LogP contribution in [0.1, 0.15) is 0 Å². The molecular formula is C45H29N3O. The first-order valence-electron chi connectivity index (χ1n) is 16.5. The Hall–Kier alpha value is -6.65. The molecule has 4 nitrogen and oxygen atoms in total. The minimum Gasteiger partial charge on any atom is -0.423 e. The van der Waals surface area contributed by atoms with Crippen LogP contribution in [0, 0.1) is 0 Å². The molecule has 0 atom stereocenters. The number of oxazole rings is 1. The van der Waals surface area contributed by atoms with E-state index in [1.54, 1.807) is 0 Å². The molecule has 0 radical (unpaired) electrons. The maximum absolute atomic E-state index is 6.59. The zero-order valence-corrected chi connectivity index (χ0v) is 26.5. The topological polar surface area (TPSA) is 34.2 Å². The third kappa shape index (κ3) is 4.49. The molecule has 8 aromatic carbocycles. The third-order valence-corrected chi connectivity index (χ3v) is 9.60. The van der Waals surface area contributed by atoms with Gasteiger partial charge in [-0.3, -0.25) is 4.90 Å². The summed E-state index contributed by atoms with van der Waals surface area (Å²) >= 11 is 0. The summed E-state index contributed by atoms with van der Waals surface area (Å²) in [4.78, 5) is 7.29. The second kappa shape index (κ2) is 11.0. The summed E-state index contributed by atoms with van der Waals surface area (Å²) in [7, 11) is 0. The lowest BCUT2D eigenvalue weighted by molar-refractivity contribution is 0.608. The molecule has 10 aromatic rings. The number of fused-ring (bicyclic) bond motifs is 7. The van der Waals surface area contributed by atoms with Crippen LogP contribution in [0.25, 0.3) is 71.3 Å². The van der Waals surface area contributed by atoms with Crippen LogP contribution in [0.15, 0.2) is 180 Å². The fraction of sp³-hybridized carbons (Fsp3) is 0. The zero-order chi connectivity index (χ0) is 32.3. The normalized spacial score (nSPS) is 11.7. The van der Waals surface area contributed by atoms with E-state index < -0.39 is 0 Å². The van der Waals surface area contributed by atoms with Gasteiger partial charge in [0.15, 0.2) is 5.58 Å². The highest BCUT2D eigenvalue weighted by molar-refractivity contribution is 6.11. The van der Waals surface area contributed by atoms with Crippen molar-refractivity contribution < 1.29 is 4.42 Å². The van der Waals surface area contributed by atoms with Crippen LogP contribution < -0.4 is 4.90 Å². The molecule has 10 rings (SSSR count). The van der Waals surface area contributed by atoms with Crippen LogP contribution in [0.4, 0.5) is 17.4 Å². The van der Waals surface area contributed by atoms with Crippen molar-refractivity contribution in [3.8, 4) is 16.8 Å². The van der Waals surface area contributed by atoms with E-state index in [0.717, 1.165) is 55.4 Å². The summed E-state index contributed by atoms with van der Waals surface area (Å²) in [6.45, 7) is 0. The second-order valence-electron chi connectivity index (χ2n) is 12.5. The van der Waals surface area contributed by atoms with Crippen LogP contribution in [0.5, 0.6) is 0 Å². The predicted molar refractivity (Wildman–Crippen MR) is 203 cm³/mol. The number of hydrogen-bond acceptors (Lipinski definition) is 3. The van der Waals surface area contributed by atoms with Crippen molar-refractivity contribution >= 4 is 71.8 Å². The summed E-state index contributed by atoms with van der Waals surface area (Å²) in [5, 5.41) is 7.03. The first kappa shape index (κ1) is 27.5. The lowest BCUT2D eigenvalue weighted by Crippen LogP contribution is -2.10. The summed E-state index contributed by atoms with van der Waals surface area (Å²) in [5.41, 5.74) is 9.32. The molecule has 0 unspecified atom stereocenters. The number of benzene rings is 8. The standard InChI is InChI=1S/C45H29N3O/c1-2-13-35(14-3-1)48-41-17-9-8-16-39(41)40-29-37(25-26-42(40)48)47(45-46-44-38-15-7-6-11-32(38)22-27-43(44)49-45)36-23-20-31(21-24-36)34-19-18-30-10-4-5-12-33(30)28-34/h1-29H. The fourth-order valence-corrected chi connectivity index (χ4v) is 7.24. The Labute approximate surface area is 282 Å². The van der Waals surface area contributed by atoms with Gasteiger partial charge in [0, 0.05) is 21.8 Å². The van der Waals surface area contributed by atoms with E-state index >= 15 is 0 Å². The smallest absolute Gasteiger partial charge is 0.307 e. The van der Waals surface area contributed by atoms with Gasteiger partial charge in [0.05, 0.1) is 22.4 Å². The maximum atomic E-state index is 6.59. The molecule has 0 N–H and O–H groups in total. The van der Waals surface area contributed by atoms with Crippen LogP contribution in [-0.4, -0.2) is 9.55 Å². The molecule has 4 heteroatoms. The number of rotatable bonds is 5. The summed E-state index contributed by atoms with van der Waals surface area (Å²) in [6.07, 6.45) is 0. The van der Waals surface area contributed by atoms with Gasteiger partial charge in [-0.05, 0) is 87.9 Å². The van der Waals surface area contributed by atoms with E-state index in [1.165, 1.54) is 27.2 Å². The van der Waals surface area contributed by atoms with Crippen molar-refractivity contribution in [2.24, 2.45) is 0 Å². The number of nitrogens with zero attached hydrogens (tertiary/aromatic N) is 3. The van der Waals surface area contributed by atoms with Gasteiger partial charge in [0.1, 0.15) is 5.52 Å². The van der Waals surface area contributed by atoms with Crippen LogP contribution in [-0.2, 0) is 0 Å². The summed E-state index contributed by atoms with van der Waals surface area (Å²) in [6, 6.07) is 62.6. The zero-order valence-electron chi connectivity index (χ0n) is 26.5. The van der Waals surface area contributed by atoms with E-state index in [2.05, 4.69) is 179 Å². The Morgan fingerprint density at radius 2 is 1.10 bits per heavy atom. The Morgan fingerprint density at radius 3 is 1.96 bits per heavy atom. The Balaban J connectivity index is 1.16. The lowest BCUT2D eigenvalue weighted by Gasteiger charge is -2.22. The van der Waals surface area contributed by atoms with E-state index in [4.69, 9.17) is 9.40 Å². The molecular weight excluding hydrogens is 599 g/mol. The van der Waals surface area contributed by atoms with Crippen LogP contribution >= 0.6 is 0 Å². The van der Waals surface area contributed by atoms with Gasteiger partial charge >= 0.3 is 6.01 Å². The molecule has 0 aliphatic carbocycles. The van der Waals surface area contributed by atoms with Gasteiger partial charge in [0.2, 0.25) is 0 Å². The monoisotopic (exact) mass is 627 g/mol. The number of aromatic nitrogens is 2. The molecule has 0 bridgehead atoms. The van der Waals surface area contributed by atoms with E-state index in [-0.39, 0.29) is 0 Å². The van der Waals surface area contributed by atoms with Gasteiger partial charge < -0.3 is 8.98 Å². The highest BCUT2D eigenvalue weighted by Gasteiger charge is 2.22. The van der Waals surface area contributed by atoms with Gasteiger partial charge in [0.25, 0.3) is 0 Å². The first-order chi connectivity index (χ1) is 24.3. The number of para-hydroxylation sites is 2. The molecule has 0 spiro atoms. The summed E-state index contributed by atoms with van der Waals surface area (Å²) < 4.78 is 8.93. The quantitative estimate of drug-likeness (QED) is 0.190. The number of hydrogen-bond donors (Lipinski definition) is 0. The molecule has 0 saturated carbocycles. The Bertz CT molecular complexity index is 2830. The molecule has 49 heavy (non-hydrogen) atoms. The molecule has 230 valence electrons. The molecule has 0 fully saturated rings. The lowest BCUT2D eigenvalue weighted by atomic mass is 10.0. The van der Waals surface area contributed by atoms with Gasteiger partial charge in [-0.2, -0.15) is 4.98 Å². The van der Waals surface area contributed by atoms with Crippen LogP contribution in [0.2, 0.25) is 0 Å². The first-order valence-corrected chi connectivity index (χ1v) is 16.5. The van der Waals surface area contributed by atoms with Crippen LogP contribution in [0.3, 0.4) is 0 Å². The minimum absolute atomic E-state index is 0.524. The SMILES string of the molecule is c1ccc(-n2c3ccccc3c3cc(N(c4ccc(-c5ccc6ccccc6c5)cc4)c4nc5c(ccc6ccccc65)o4)ccc32)cc1. The fourth-order valence-electron chi connectivity index (χ4n) is 7.24. The molecule has 0 saturated heterocycles. The van der Waals surface area contributed by atoms with Crippen molar-refractivity contribution in [2.45, 2.75) is 0 Å². The van der Waals surface area contributed by atoms with Gasteiger partial charge in [-0.1, -0.05) is 115 Å². The van der Waals surface area contributed by atoms with E-state index in [0.29, 0.717) is 6.01 Å².